The second-order valence-corrected chi connectivity index (χ2v) is 5.54. The Morgan fingerprint density at radius 2 is 1.88 bits per heavy atom. The van der Waals surface area contributed by atoms with Crippen LogP contribution in [0.5, 0.6) is 0 Å². The van der Waals surface area contributed by atoms with Gasteiger partial charge in [0.2, 0.25) is 5.91 Å². The van der Waals surface area contributed by atoms with E-state index in [1.807, 2.05) is 0 Å². The predicted octanol–water partition coefficient (Wildman–Crippen LogP) is 2.73. The maximum atomic E-state index is 12.7. The molecule has 1 aliphatic heterocycles. The van der Waals surface area contributed by atoms with E-state index in [4.69, 9.17) is 0 Å². The van der Waals surface area contributed by atoms with Gasteiger partial charge >= 0.3 is 6.18 Å². The molecule has 6 nitrogen and oxygen atoms in total. The molecule has 0 bridgehead atoms. The lowest BCUT2D eigenvalue weighted by Gasteiger charge is -2.14. The Morgan fingerprint density at radius 1 is 1.12 bits per heavy atom. The predicted molar refractivity (Wildman–Crippen MR) is 84.3 cm³/mol. The number of hydrogen-bond acceptors (Lipinski definition) is 4. The van der Waals surface area contributed by atoms with E-state index in [0.717, 1.165) is 17.0 Å². The van der Waals surface area contributed by atoms with Crippen LogP contribution in [0.3, 0.4) is 0 Å². The Bertz CT molecular complexity index is 861. The lowest BCUT2D eigenvalue weighted by molar-refractivity contribution is -0.137. The van der Waals surface area contributed by atoms with Crippen LogP contribution in [-0.2, 0) is 11.0 Å². The highest BCUT2D eigenvalue weighted by atomic mass is 19.4. The second kappa shape index (κ2) is 6.58. The van der Waals surface area contributed by atoms with Crippen LogP contribution in [0.25, 0.3) is 0 Å². The number of rotatable bonds is 4. The zero-order valence-electron chi connectivity index (χ0n) is 13.2. The zero-order valence-corrected chi connectivity index (χ0v) is 13.2. The number of pyridine rings is 1. The monoisotopic (exact) mass is 363 g/mol. The molecular formula is C17H12F3N3O3. The van der Waals surface area contributed by atoms with Gasteiger partial charge in [-0.15, -0.1) is 0 Å². The molecule has 0 saturated heterocycles. The molecule has 0 atom stereocenters. The molecule has 26 heavy (non-hydrogen) atoms. The van der Waals surface area contributed by atoms with E-state index in [0.29, 0.717) is 0 Å². The van der Waals surface area contributed by atoms with E-state index >= 15 is 0 Å². The minimum atomic E-state index is -4.52. The van der Waals surface area contributed by atoms with Gasteiger partial charge in [0.1, 0.15) is 5.69 Å². The van der Waals surface area contributed by atoms with Crippen LogP contribution in [-0.4, -0.2) is 34.2 Å². The Kier molecular flexibility index (Phi) is 4.45. The Hall–Kier alpha value is -3.23. The van der Waals surface area contributed by atoms with E-state index in [-0.39, 0.29) is 29.9 Å². The molecule has 0 radical (unpaired) electrons. The fourth-order valence-corrected chi connectivity index (χ4v) is 2.53. The van der Waals surface area contributed by atoms with Crippen molar-refractivity contribution in [3.63, 3.8) is 0 Å². The number of nitrogens with zero attached hydrogens (tertiary/aromatic N) is 2. The first-order chi connectivity index (χ1) is 12.3. The summed E-state index contributed by atoms with van der Waals surface area (Å²) in [6.45, 7) is -0.196. The van der Waals surface area contributed by atoms with Gasteiger partial charge in [-0.1, -0.05) is 6.07 Å². The average molecular weight is 363 g/mol. The Labute approximate surface area is 145 Å². The van der Waals surface area contributed by atoms with E-state index < -0.39 is 29.5 Å². The topological polar surface area (TPSA) is 79.4 Å². The first-order valence-corrected chi connectivity index (χ1v) is 7.55. The van der Waals surface area contributed by atoms with Crippen LogP contribution in [0.1, 0.15) is 32.8 Å². The van der Waals surface area contributed by atoms with Crippen LogP contribution in [0.15, 0.2) is 42.6 Å². The lowest BCUT2D eigenvalue weighted by Crippen LogP contribution is -2.33. The molecule has 1 N–H and O–H groups in total. The lowest BCUT2D eigenvalue weighted by atomic mass is 10.2. The molecule has 0 aliphatic carbocycles. The third-order valence-corrected chi connectivity index (χ3v) is 3.77. The molecule has 2 heterocycles. The summed E-state index contributed by atoms with van der Waals surface area (Å²) in [5, 5.41) is 2.33. The molecule has 9 heteroatoms. The Morgan fingerprint density at radius 3 is 2.58 bits per heavy atom. The van der Waals surface area contributed by atoms with E-state index in [9.17, 15) is 27.6 Å². The van der Waals surface area contributed by atoms with Crippen molar-refractivity contribution < 1.29 is 27.6 Å². The van der Waals surface area contributed by atoms with Crippen molar-refractivity contribution in [2.24, 2.45) is 0 Å². The smallest absolute Gasteiger partial charge is 0.326 e. The molecule has 134 valence electrons. The molecule has 1 aromatic heterocycles. The fourth-order valence-electron chi connectivity index (χ4n) is 2.53. The number of hydrogen-bond donors (Lipinski definition) is 1. The third kappa shape index (κ3) is 3.41. The highest BCUT2D eigenvalue weighted by Crippen LogP contribution is 2.30. The molecule has 0 spiro atoms. The number of aromatic nitrogens is 1. The minimum Gasteiger partial charge on any atom is -0.326 e. The fraction of sp³-hybridized carbons (Fsp3) is 0.176. The van der Waals surface area contributed by atoms with Gasteiger partial charge in [0.15, 0.2) is 0 Å². The van der Waals surface area contributed by atoms with Gasteiger partial charge in [0.25, 0.3) is 11.8 Å². The molecule has 2 aromatic rings. The molecule has 0 unspecified atom stereocenters. The maximum Gasteiger partial charge on any atom is 0.416 e. The van der Waals surface area contributed by atoms with Crippen LogP contribution in [0.2, 0.25) is 0 Å². The maximum absolute atomic E-state index is 12.7. The summed E-state index contributed by atoms with van der Waals surface area (Å²) < 4.78 is 38.0. The van der Waals surface area contributed by atoms with E-state index in [1.165, 1.54) is 30.5 Å². The first kappa shape index (κ1) is 17.6. The molecule has 3 amide bonds. The SMILES string of the molecule is O=C(CCN1C(=O)c2cccnc2C1=O)Nc1cccc(C(F)(F)F)c1. The van der Waals surface area contributed by atoms with Gasteiger partial charge in [-0.2, -0.15) is 13.2 Å². The van der Waals surface area contributed by atoms with E-state index in [1.54, 1.807) is 0 Å². The number of halogens is 3. The van der Waals surface area contributed by atoms with Crippen molar-refractivity contribution in [1.82, 2.24) is 9.88 Å². The van der Waals surface area contributed by atoms with Crippen LogP contribution >= 0.6 is 0 Å². The van der Waals surface area contributed by atoms with Crippen molar-refractivity contribution >= 4 is 23.4 Å². The first-order valence-electron chi connectivity index (χ1n) is 7.55. The summed E-state index contributed by atoms with van der Waals surface area (Å²) in [5.41, 5.74) is -0.720. The summed E-state index contributed by atoms with van der Waals surface area (Å²) >= 11 is 0. The molecule has 0 saturated carbocycles. The largest absolute Gasteiger partial charge is 0.416 e. The number of anilines is 1. The average Bonchev–Trinajstić information content (AvgIpc) is 2.84. The van der Waals surface area contributed by atoms with Gasteiger partial charge in [-0.05, 0) is 30.3 Å². The quantitative estimate of drug-likeness (QED) is 0.847. The van der Waals surface area contributed by atoms with Gasteiger partial charge in [-0.25, -0.2) is 0 Å². The molecule has 0 fully saturated rings. The molecule has 3 rings (SSSR count). The van der Waals surface area contributed by atoms with Crippen LogP contribution < -0.4 is 5.32 Å². The van der Waals surface area contributed by atoms with Crippen molar-refractivity contribution in [2.45, 2.75) is 12.6 Å². The number of nitrogens with one attached hydrogen (secondary N) is 1. The third-order valence-electron chi connectivity index (χ3n) is 3.77. The number of benzene rings is 1. The number of carbonyl (C=O) groups is 3. The summed E-state index contributed by atoms with van der Waals surface area (Å²) in [6, 6.07) is 7.18. The normalized spacial score (nSPS) is 13.7. The van der Waals surface area contributed by atoms with Crippen molar-refractivity contribution in [1.29, 1.82) is 0 Å². The summed E-state index contributed by atoms with van der Waals surface area (Å²) in [5.74, 6) is -1.77. The van der Waals surface area contributed by atoms with Crippen molar-refractivity contribution in [3.8, 4) is 0 Å². The van der Waals surface area contributed by atoms with Gasteiger partial charge in [0, 0.05) is 24.8 Å². The number of amides is 3. The summed E-state index contributed by atoms with van der Waals surface area (Å²) in [7, 11) is 0. The Balaban J connectivity index is 1.62. The van der Waals surface area contributed by atoms with E-state index in [2.05, 4.69) is 10.3 Å². The molecular weight excluding hydrogens is 351 g/mol. The highest BCUT2D eigenvalue weighted by Gasteiger charge is 2.36. The second-order valence-electron chi connectivity index (χ2n) is 5.54. The number of fused-ring (bicyclic) bond motifs is 1. The van der Waals surface area contributed by atoms with Gasteiger partial charge < -0.3 is 5.32 Å². The standard InChI is InChI=1S/C17H12F3N3O3/c18-17(19,20)10-3-1-4-11(9-10)22-13(24)6-8-23-15(25)12-5-2-7-21-14(12)16(23)26/h1-5,7,9H,6,8H2,(H,22,24). The van der Waals surface area contributed by atoms with Crippen LogP contribution in [0, 0.1) is 0 Å². The zero-order chi connectivity index (χ0) is 18.9. The number of imide groups is 1. The molecule has 1 aliphatic rings. The van der Waals surface area contributed by atoms with Crippen molar-refractivity contribution in [2.75, 3.05) is 11.9 Å². The summed E-state index contributed by atoms with van der Waals surface area (Å²) in [4.78, 5) is 41.0. The molecule has 1 aromatic carbocycles. The van der Waals surface area contributed by atoms with Gasteiger partial charge in [-0.3, -0.25) is 24.3 Å². The van der Waals surface area contributed by atoms with Gasteiger partial charge in [0.05, 0.1) is 11.1 Å². The van der Waals surface area contributed by atoms with Crippen molar-refractivity contribution in [3.05, 3.63) is 59.4 Å². The number of alkyl halides is 3. The van der Waals surface area contributed by atoms with Crippen LogP contribution in [0.4, 0.5) is 18.9 Å². The number of carbonyl (C=O) groups excluding carboxylic acids is 3. The highest BCUT2D eigenvalue weighted by molar-refractivity contribution is 6.20. The minimum absolute atomic E-state index is 0.0196. The summed E-state index contributed by atoms with van der Waals surface area (Å²) in [6.07, 6.45) is -3.39.